The molecule has 0 heterocycles. The molecule has 4 nitrogen and oxygen atoms in total. The Morgan fingerprint density at radius 2 is 0.677 bits per heavy atom. The molecule has 0 fully saturated rings. The van der Waals surface area contributed by atoms with Crippen LogP contribution in [0.3, 0.4) is 0 Å². The normalized spacial score (nSPS) is 12.1. The van der Waals surface area contributed by atoms with Gasteiger partial charge in [-0.15, -0.1) is 0 Å². The second kappa shape index (κ2) is 22.3. The Balaban J connectivity index is 1.49. The number of benzene rings is 6. The highest BCUT2D eigenvalue weighted by atomic mass is 15.2. The van der Waals surface area contributed by atoms with E-state index in [0.717, 1.165) is 68.3 Å². The predicted octanol–water partition coefficient (Wildman–Crippen LogP) is 16.7. The summed E-state index contributed by atoms with van der Waals surface area (Å²) in [5.41, 5.74) is 12.1. The number of hydrogen-bond donors (Lipinski definition) is 0. The highest BCUT2D eigenvalue weighted by molar-refractivity contribution is 5.82. The molecule has 6 rings (SSSR count). The fraction of sp³-hybridized carbons (Fsp3) is 0.0345. The predicted molar refractivity (Wildman–Crippen MR) is 271 cm³/mol. The van der Waals surface area contributed by atoms with Crippen LogP contribution in [0.1, 0.15) is 13.8 Å². The number of para-hydroxylation sites is 3. The molecule has 0 unspecified atom stereocenters. The van der Waals surface area contributed by atoms with E-state index in [2.05, 4.69) is 204 Å². The van der Waals surface area contributed by atoms with Crippen LogP contribution in [0.2, 0.25) is 0 Å². The Kier molecular flexibility index (Phi) is 15.7. The zero-order valence-corrected chi connectivity index (χ0v) is 35.7. The molecule has 0 saturated carbocycles. The molecule has 62 heavy (non-hydrogen) atoms. The smallest absolute Gasteiger partial charge is 0.0463 e. The average molecular weight is 807 g/mol. The van der Waals surface area contributed by atoms with Crippen molar-refractivity contribution < 1.29 is 0 Å². The van der Waals surface area contributed by atoms with E-state index in [1.807, 2.05) is 92.8 Å². The third kappa shape index (κ3) is 10.6. The van der Waals surface area contributed by atoms with E-state index in [4.69, 9.17) is 0 Å². The highest BCUT2D eigenvalue weighted by Crippen LogP contribution is 2.41. The molecule has 0 saturated heterocycles. The molecule has 0 radical (unpaired) electrons. The third-order valence-electron chi connectivity index (χ3n) is 9.90. The van der Waals surface area contributed by atoms with Gasteiger partial charge < -0.3 is 19.6 Å². The first kappa shape index (κ1) is 43.5. The lowest BCUT2D eigenvalue weighted by Crippen LogP contribution is -2.17. The molecule has 0 aliphatic rings. The maximum atomic E-state index is 4.17. The molecular formula is C58H54N4. The van der Waals surface area contributed by atoms with Gasteiger partial charge in [0.15, 0.2) is 0 Å². The monoisotopic (exact) mass is 806 g/mol. The maximum absolute atomic E-state index is 4.17. The van der Waals surface area contributed by atoms with Crippen LogP contribution in [-0.4, -0.2) is 0 Å². The van der Waals surface area contributed by atoms with E-state index in [1.165, 1.54) is 0 Å². The summed E-state index contributed by atoms with van der Waals surface area (Å²) >= 11 is 0. The molecule has 0 bridgehead atoms. The van der Waals surface area contributed by atoms with E-state index in [1.54, 1.807) is 6.08 Å². The van der Waals surface area contributed by atoms with Crippen molar-refractivity contribution in [3.63, 3.8) is 0 Å². The van der Waals surface area contributed by atoms with E-state index < -0.39 is 0 Å². The van der Waals surface area contributed by atoms with Gasteiger partial charge in [0, 0.05) is 68.3 Å². The lowest BCUT2D eigenvalue weighted by Gasteiger charge is -2.30. The standard InChI is InChI=1S/C58H54N4/c1-7-13-27-47(12-6)59(50-29-18-15-19-30-50)53-35-37-56(38-36-53)62(57-43-39-54(40-44-57)60(48(24-9-3)25-10-4)51-31-20-16-21-32-51)58-45-41-55(42-46-58)61(52-33-22-17-23-34-52)49(26-11-5)28-14-8-2/h7-46H,2-3,5-6H2,1,4H3/b13-7-,25-10-,28-14-,47-27+,48-24+,49-26+. The van der Waals surface area contributed by atoms with Crippen molar-refractivity contribution in [2.45, 2.75) is 13.8 Å². The number of hydrogen-bond acceptors (Lipinski definition) is 4. The number of allylic oxidation sites excluding steroid dienone is 13. The maximum Gasteiger partial charge on any atom is 0.0463 e. The van der Waals surface area contributed by atoms with Crippen LogP contribution in [-0.2, 0) is 0 Å². The van der Waals surface area contributed by atoms with Gasteiger partial charge in [-0.2, -0.15) is 0 Å². The minimum Gasteiger partial charge on any atom is -0.311 e. The molecule has 0 N–H and O–H groups in total. The van der Waals surface area contributed by atoms with Crippen LogP contribution in [0.5, 0.6) is 0 Å². The fourth-order valence-corrected chi connectivity index (χ4v) is 7.19. The second-order valence-corrected chi connectivity index (χ2v) is 14.0. The van der Waals surface area contributed by atoms with Gasteiger partial charge in [0.25, 0.3) is 0 Å². The Labute approximate surface area is 369 Å². The number of rotatable bonds is 19. The van der Waals surface area contributed by atoms with Gasteiger partial charge in [0.1, 0.15) is 0 Å². The van der Waals surface area contributed by atoms with Crippen molar-refractivity contribution in [2.75, 3.05) is 19.6 Å². The van der Waals surface area contributed by atoms with Crippen LogP contribution in [0.4, 0.5) is 51.2 Å². The van der Waals surface area contributed by atoms with Crippen molar-refractivity contribution in [3.8, 4) is 0 Å². The summed E-state index contributed by atoms with van der Waals surface area (Å²) in [5.74, 6) is 0. The molecule has 6 aromatic rings. The summed E-state index contributed by atoms with van der Waals surface area (Å²) in [5, 5.41) is 0. The minimum absolute atomic E-state index is 0.956. The Bertz CT molecular complexity index is 2580. The van der Waals surface area contributed by atoms with Crippen molar-refractivity contribution in [3.05, 3.63) is 286 Å². The Hall–Kier alpha value is -8.08. The Morgan fingerprint density at radius 1 is 0.339 bits per heavy atom. The van der Waals surface area contributed by atoms with Gasteiger partial charge in [-0.25, -0.2) is 0 Å². The molecule has 306 valence electrons. The summed E-state index contributed by atoms with van der Waals surface area (Å²) in [7, 11) is 0. The Morgan fingerprint density at radius 3 is 1.00 bits per heavy atom. The second-order valence-electron chi connectivity index (χ2n) is 14.0. The van der Waals surface area contributed by atoms with Crippen LogP contribution >= 0.6 is 0 Å². The van der Waals surface area contributed by atoms with E-state index >= 15 is 0 Å². The van der Waals surface area contributed by atoms with E-state index in [-0.39, 0.29) is 0 Å². The lowest BCUT2D eigenvalue weighted by molar-refractivity contribution is 1.19. The van der Waals surface area contributed by atoms with Crippen LogP contribution in [0.25, 0.3) is 0 Å². The molecule has 0 aromatic heterocycles. The van der Waals surface area contributed by atoms with Crippen molar-refractivity contribution in [1.82, 2.24) is 0 Å². The van der Waals surface area contributed by atoms with Gasteiger partial charge in [0.05, 0.1) is 0 Å². The molecule has 0 atom stereocenters. The van der Waals surface area contributed by atoms with Gasteiger partial charge in [0.2, 0.25) is 0 Å². The largest absolute Gasteiger partial charge is 0.311 e. The van der Waals surface area contributed by atoms with Gasteiger partial charge in [-0.3, -0.25) is 0 Å². The summed E-state index contributed by atoms with van der Waals surface area (Å²) in [4.78, 5) is 8.96. The molecule has 0 aliphatic heterocycles. The molecule has 6 aromatic carbocycles. The van der Waals surface area contributed by atoms with Gasteiger partial charge in [-0.1, -0.05) is 123 Å². The summed E-state index contributed by atoms with van der Waals surface area (Å²) in [6.45, 7) is 20.1. The lowest BCUT2D eigenvalue weighted by atomic mass is 10.1. The molecule has 4 heteroatoms. The average Bonchev–Trinajstić information content (AvgIpc) is 3.32. The zero-order valence-electron chi connectivity index (χ0n) is 35.7. The first-order valence-electron chi connectivity index (χ1n) is 20.7. The first-order valence-corrected chi connectivity index (χ1v) is 20.7. The zero-order chi connectivity index (χ0) is 43.5. The van der Waals surface area contributed by atoms with Crippen molar-refractivity contribution in [2.24, 2.45) is 0 Å². The van der Waals surface area contributed by atoms with E-state index in [0.29, 0.717) is 0 Å². The molecular weight excluding hydrogens is 753 g/mol. The van der Waals surface area contributed by atoms with Crippen LogP contribution in [0, 0.1) is 0 Å². The number of nitrogens with zero attached hydrogens (tertiary/aromatic N) is 4. The molecule has 0 spiro atoms. The SMILES string of the molecule is C=C/C=C\C(=C/C=C)N(c1ccccc1)c1ccc(N(c2ccc(N(/C(C=C)=C/C=C\C)c3ccccc3)cc2)c2ccc(N(C(/C=C\C)=C/C=C)c3ccccc3)cc2)cc1. The van der Waals surface area contributed by atoms with E-state index in [9.17, 15) is 0 Å². The van der Waals surface area contributed by atoms with Gasteiger partial charge in [-0.05, 0) is 159 Å². The minimum atomic E-state index is 0.956. The summed E-state index contributed by atoms with van der Waals surface area (Å²) in [6.07, 6.45) is 25.6. The van der Waals surface area contributed by atoms with Crippen molar-refractivity contribution in [1.29, 1.82) is 0 Å². The summed E-state index contributed by atoms with van der Waals surface area (Å²) in [6, 6.07) is 57.2. The van der Waals surface area contributed by atoms with Crippen LogP contribution < -0.4 is 19.6 Å². The van der Waals surface area contributed by atoms with Crippen molar-refractivity contribution >= 4 is 51.2 Å². The highest BCUT2D eigenvalue weighted by Gasteiger charge is 2.19. The third-order valence-corrected chi connectivity index (χ3v) is 9.90. The van der Waals surface area contributed by atoms with Crippen LogP contribution in [0.15, 0.2) is 286 Å². The fourth-order valence-electron chi connectivity index (χ4n) is 7.19. The number of anilines is 9. The molecule has 0 aliphatic carbocycles. The quantitative estimate of drug-likeness (QED) is 0.0756. The topological polar surface area (TPSA) is 13.0 Å². The molecule has 0 amide bonds. The van der Waals surface area contributed by atoms with Gasteiger partial charge >= 0.3 is 0 Å². The summed E-state index contributed by atoms with van der Waals surface area (Å²) < 4.78 is 0. The first-order chi connectivity index (χ1) is 30.5.